The summed E-state index contributed by atoms with van der Waals surface area (Å²) in [5.74, 6) is 0. The summed E-state index contributed by atoms with van der Waals surface area (Å²) in [5, 5.41) is 1.06. The van der Waals surface area contributed by atoms with E-state index in [1.165, 1.54) is 0 Å². The lowest BCUT2D eigenvalue weighted by Gasteiger charge is -1.98. The molecule has 0 aliphatic carbocycles. The lowest BCUT2D eigenvalue weighted by Crippen LogP contribution is -1.86. The van der Waals surface area contributed by atoms with E-state index in [1.54, 1.807) is 0 Å². The van der Waals surface area contributed by atoms with E-state index in [9.17, 15) is 0 Å². The predicted octanol–water partition coefficient (Wildman–Crippen LogP) is 2.00. The van der Waals surface area contributed by atoms with Crippen LogP contribution in [0.1, 0.15) is 5.69 Å². The molecule has 12 heavy (non-hydrogen) atoms. The molecule has 0 atom stereocenters. The van der Waals surface area contributed by atoms with Crippen molar-refractivity contribution >= 4 is 16.6 Å². The fourth-order valence-corrected chi connectivity index (χ4v) is 1.19. The highest BCUT2D eigenvalue weighted by Gasteiger charge is 1.94. The van der Waals surface area contributed by atoms with E-state index >= 15 is 0 Å². The molecule has 1 aromatic heterocycles. The molecule has 0 amide bonds. The van der Waals surface area contributed by atoms with Gasteiger partial charge in [0.1, 0.15) is 0 Å². The van der Waals surface area contributed by atoms with Gasteiger partial charge in [-0.1, -0.05) is 6.07 Å². The van der Waals surface area contributed by atoms with E-state index in [0.29, 0.717) is 0 Å². The molecule has 1 radical (unpaired) electrons. The Morgan fingerprint density at radius 1 is 1.17 bits per heavy atom. The molecule has 1 aromatic carbocycles. The number of nitrogens with zero attached hydrogens (tertiary/aromatic N) is 1. The maximum Gasteiger partial charge on any atom is 0.0706 e. The second kappa shape index (κ2) is 2.48. The number of aromatic nitrogens is 1. The molecular weight excluding hydrogens is 148 g/mol. The van der Waals surface area contributed by atoms with Gasteiger partial charge in [0, 0.05) is 16.8 Å². The quantitative estimate of drug-likeness (QED) is 0.594. The first-order valence-electron chi connectivity index (χ1n) is 3.74. The molecule has 2 aromatic rings. The molecule has 1 heterocycles. The number of pyridine rings is 1. The topological polar surface area (TPSA) is 38.9 Å². The van der Waals surface area contributed by atoms with Gasteiger partial charge in [0.25, 0.3) is 0 Å². The third-order valence-electron chi connectivity index (χ3n) is 1.77. The normalized spacial score (nSPS) is 10.4. The number of hydrogen-bond acceptors (Lipinski definition) is 2. The molecule has 0 aliphatic rings. The highest BCUT2D eigenvalue weighted by molar-refractivity contribution is 5.81. The summed E-state index contributed by atoms with van der Waals surface area (Å²) >= 11 is 0. The van der Waals surface area contributed by atoms with Crippen molar-refractivity contribution in [1.29, 1.82) is 0 Å². The first-order chi connectivity index (χ1) is 5.75. The van der Waals surface area contributed by atoms with Gasteiger partial charge in [0.05, 0.1) is 5.52 Å². The minimum absolute atomic E-state index is 0.765. The molecule has 2 heteroatoms. The SMILES string of the molecule is [CH2]c1ccc2cc(N)ccc2n1. The average molecular weight is 157 g/mol. The Balaban J connectivity index is 2.79. The second-order valence-electron chi connectivity index (χ2n) is 2.75. The maximum atomic E-state index is 5.62. The van der Waals surface area contributed by atoms with Crippen LogP contribution in [-0.2, 0) is 0 Å². The zero-order chi connectivity index (χ0) is 8.55. The van der Waals surface area contributed by atoms with Crippen LogP contribution in [0.5, 0.6) is 0 Å². The lowest BCUT2D eigenvalue weighted by atomic mass is 10.2. The largest absolute Gasteiger partial charge is 0.399 e. The Morgan fingerprint density at radius 3 is 2.83 bits per heavy atom. The third kappa shape index (κ3) is 1.11. The van der Waals surface area contributed by atoms with Gasteiger partial charge in [0.15, 0.2) is 0 Å². The van der Waals surface area contributed by atoms with E-state index in [2.05, 4.69) is 11.9 Å². The summed E-state index contributed by atoms with van der Waals surface area (Å²) in [5.41, 5.74) is 8.11. The van der Waals surface area contributed by atoms with Gasteiger partial charge < -0.3 is 5.73 Å². The van der Waals surface area contributed by atoms with Crippen LogP contribution in [0.4, 0.5) is 5.69 Å². The Morgan fingerprint density at radius 2 is 2.00 bits per heavy atom. The van der Waals surface area contributed by atoms with Crippen LogP contribution in [0.2, 0.25) is 0 Å². The molecular formula is C10H9N2. The highest BCUT2D eigenvalue weighted by atomic mass is 14.7. The zero-order valence-corrected chi connectivity index (χ0v) is 6.62. The Kier molecular flexibility index (Phi) is 1.47. The number of hydrogen-bond donors (Lipinski definition) is 1. The predicted molar refractivity (Wildman–Crippen MR) is 50.6 cm³/mol. The van der Waals surface area contributed by atoms with E-state index in [-0.39, 0.29) is 0 Å². The van der Waals surface area contributed by atoms with Crippen molar-refractivity contribution in [2.24, 2.45) is 0 Å². The molecule has 0 spiro atoms. The Labute approximate surface area is 71.0 Å². The van der Waals surface area contributed by atoms with Crippen LogP contribution in [0.25, 0.3) is 10.9 Å². The highest BCUT2D eigenvalue weighted by Crippen LogP contribution is 2.15. The van der Waals surface area contributed by atoms with Gasteiger partial charge in [-0.25, -0.2) is 0 Å². The molecule has 0 bridgehead atoms. The van der Waals surface area contributed by atoms with Crippen molar-refractivity contribution in [1.82, 2.24) is 4.98 Å². The van der Waals surface area contributed by atoms with Crippen LogP contribution in [-0.4, -0.2) is 4.98 Å². The van der Waals surface area contributed by atoms with Crippen LogP contribution in [0, 0.1) is 6.92 Å². The van der Waals surface area contributed by atoms with Crippen molar-refractivity contribution in [3.8, 4) is 0 Å². The van der Waals surface area contributed by atoms with Crippen LogP contribution >= 0.6 is 0 Å². The van der Waals surface area contributed by atoms with Crippen molar-refractivity contribution in [3.05, 3.63) is 42.9 Å². The van der Waals surface area contributed by atoms with E-state index < -0.39 is 0 Å². The van der Waals surface area contributed by atoms with Crippen LogP contribution in [0.3, 0.4) is 0 Å². The maximum absolute atomic E-state index is 5.62. The summed E-state index contributed by atoms with van der Waals surface area (Å²) in [4.78, 5) is 4.25. The standard InChI is InChI=1S/C10H9N2/c1-7-2-3-8-6-9(11)4-5-10(8)12-7/h2-6H,1,11H2. The van der Waals surface area contributed by atoms with Crippen LogP contribution in [0.15, 0.2) is 30.3 Å². The monoisotopic (exact) mass is 157 g/mol. The average Bonchev–Trinajstić information content (AvgIpc) is 2.05. The van der Waals surface area contributed by atoms with E-state index in [0.717, 1.165) is 22.3 Å². The summed E-state index contributed by atoms with van der Waals surface area (Å²) in [6, 6.07) is 9.50. The molecule has 0 saturated carbocycles. The first-order valence-corrected chi connectivity index (χ1v) is 3.74. The number of nitrogens with two attached hydrogens (primary N) is 1. The van der Waals surface area contributed by atoms with Gasteiger partial charge in [0.2, 0.25) is 0 Å². The molecule has 0 saturated heterocycles. The van der Waals surface area contributed by atoms with Crippen molar-refractivity contribution in [2.75, 3.05) is 5.73 Å². The molecule has 59 valence electrons. The fourth-order valence-electron chi connectivity index (χ4n) is 1.19. The molecule has 0 fully saturated rings. The molecule has 0 unspecified atom stereocenters. The number of rotatable bonds is 0. The van der Waals surface area contributed by atoms with Crippen molar-refractivity contribution < 1.29 is 0 Å². The summed E-state index contributed by atoms with van der Waals surface area (Å²) in [7, 11) is 0. The minimum Gasteiger partial charge on any atom is -0.399 e. The number of fused-ring (bicyclic) bond motifs is 1. The van der Waals surface area contributed by atoms with E-state index in [1.807, 2.05) is 30.3 Å². The summed E-state index contributed by atoms with van der Waals surface area (Å²) in [6.45, 7) is 3.75. The van der Waals surface area contributed by atoms with Crippen molar-refractivity contribution in [3.63, 3.8) is 0 Å². The number of benzene rings is 1. The van der Waals surface area contributed by atoms with Crippen molar-refractivity contribution in [2.45, 2.75) is 0 Å². The van der Waals surface area contributed by atoms with Crippen LogP contribution < -0.4 is 5.73 Å². The van der Waals surface area contributed by atoms with Gasteiger partial charge in [-0.05, 0) is 31.2 Å². The fraction of sp³-hybridized carbons (Fsp3) is 0. The van der Waals surface area contributed by atoms with Gasteiger partial charge in [-0.2, -0.15) is 0 Å². The van der Waals surface area contributed by atoms with Gasteiger partial charge in [-0.15, -0.1) is 0 Å². The smallest absolute Gasteiger partial charge is 0.0706 e. The molecule has 2 nitrogen and oxygen atoms in total. The minimum atomic E-state index is 0.765. The third-order valence-corrected chi connectivity index (χ3v) is 1.77. The van der Waals surface area contributed by atoms with Gasteiger partial charge >= 0.3 is 0 Å². The Bertz CT molecular complexity index is 380. The van der Waals surface area contributed by atoms with E-state index in [4.69, 9.17) is 5.73 Å². The molecule has 0 aliphatic heterocycles. The first kappa shape index (κ1) is 7.10. The Hall–Kier alpha value is -1.57. The van der Waals surface area contributed by atoms with Gasteiger partial charge in [-0.3, -0.25) is 4.98 Å². The molecule has 2 N–H and O–H groups in total. The second-order valence-corrected chi connectivity index (χ2v) is 2.75. The number of anilines is 1. The summed E-state index contributed by atoms with van der Waals surface area (Å²) in [6.07, 6.45) is 0. The summed E-state index contributed by atoms with van der Waals surface area (Å²) < 4.78 is 0. The zero-order valence-electron chi connectivity index (χ0n) is 6.62. The lowest BCUT2D eigenvalue weighted by molar-refractivity contribution is 1.34. The molecule has 2 rings (SSSR count). The number of nitrogen functional groups attached to an aromatic ring is 1.